The number of benzene rings is 1. The summed E-state index contributed by atoms with van der Waals surface area (Å²) in [5.41, 5.74) is 2.76. The normalized spacial score (nSPS) is 16.0. The predicted octanol–water partition coefficient (Wildman–Crippen LogP) is 3.03. The van der Waals surface area contributed by atoms with Crippen LogP contribution in [0.5, 0.6) is 11.8 Å². The molecule has 1 aliphatic rings. The van der Waals surface area contributed by atoms with Crippen LogP contribution in [0.1, 0.15) is 18.1 Å². The van der Waals surface area contributed by atoms with Gasteiger partial charge in [-0.25, -0.2) is 4.39 Å². The van der Waals surface area contributed by atoms with Gasteiger partial charge in [0, 0.05) is 19.1 Å². The second-order valence-electron chi connectivity index (χ2n) is 5.81. The van der Waals surface area contributed by atoms with Crippen molar-refractivity contribution in [1.82, 2.24) is 4.98 Å². The van der Waals surface area contributed by atoms with Gasteiger partial charge in [0.2, 0.25) is 11.8 Å². The standard InChI is InChI=1S/C18H21FN2O3/c1-12-11-24-18-16(20-12)10-14(17(21-18)23-8-7-22-2)9-13-3-5-15(19)6-4-13/h3-6,10,12,20H,7-9,11H2,1-2H3. The van der Waals surface area contributed by atoms with Gasteiger partial charge >= 0.3 is 0 Å². The van der Waals surface area contributed by atoms with Crippen LogP contribution in [0.15, 0.2) is 30.3 Å². The smallest absolute Gasteiger partial charge is 0.240 e. The second kappa shape index (κ2) is 7.49. The molecule has 0 spiro atoms. The van der Waals surface area contributed by atoms with Crippen LogP contribution >= 0.6 is 0 Å². The third kappa shape index (κ3) is 3.94. The Hall–Kier alpha value is -2.34. The highest BCUT2D eigenvalue weighted by atomic mass is 19.1. The number of nitrogens with zero attached hydrogens (tertiary/aromatic N) is 1. The lowest BCUT2D eigenvalue weighted by atomic mass is 10.1. The molecule has 1 aromatic heterocycles. The quantitative estimate of drug-likeness (QED) is 0.824. The molecule has 0 radical (unpaired) electrons. The van der Waals surface area contributed by atoms with E-state index >= 15 is 0 Å². The Morgan fingerprint density at radius 1 is 1.29 bits per heavy atom. The van der Waals surface area contributed by atoms with Crippen molar-refractivity contribution in [1.29, 1.82) is 0 Å². The Morgan fingerprint density at radius 3 is 2.83 bits per heavy atom. The molecule has 0 aliphatic carbocycles. The summed E-state index contributed by atoms with van der Waals surface area (Å²) in [5, 5.41) is 3.36. The Bertz CT molecular complexity index is 691. The van der Waals surface area contributed by atoms with E-state index in [0.717, 1.165) is 16.8 Å². The van der Waals surface area contributed by atoms with E-state index in [2.05, 4.69) is 10.3 Å². The minimum atomic E-state index is -0.247. The summed E-state index contributed by atoms with van der Waals surface area (Å²) in [5.74, 6) is 0.817. The molecule has 0 bridgehead atoms. The van der Waals surface area contributed by atoms with Crippen LogP contribution in [0.25, 0.3) is 0 Å². The van der Waals surface area contributed by atoms with E-state index in [1.54, 1.807) is 19.2 Å². The van der Waals surface area contributed by atoms with Gasteiger partial charge in [0.15, 0.2) is 0 Å². The van der Waals surface area contributed by atoms with E-state index < -0.39 is 0 Å². The largest absolute Gasteiger partial charge is 0.475 e. The molecule has 2 heterocycles. The van der Waals surface area contributed by atoms with Crippen molar-refractivity contribution in [2.75, 3.05) is 32.2 Å². The molecule has 0 saturated heterocycles. The first-order valence-electron chi connectivity index (χ1n) is 7.95. The number of nitrogens with one attached hydrogen (secondary N) is 1. The van der Waals surface area contributed by atoms with E-state index in [9.17, 15) is 4.39 Å². The molecule has 1 N–H and O–H groups in total. The van der Waals surface area contributed by atoms with Gasteiger partial charge in [-0.3, -0.25) is 0 Å². The molecule has 0 saturated carbocycles. The Morgan fingerprint density at radius 2 is 2.08 bits per heavy atom. The summed E-state index contributed by atoms with van der Waals surface area (Å²) >= 11 is 0. The zero-order chi connectivity index (χ0) is 16.9. The van der Waals surface area contributed by atoms with Crippen LogP contribution in [0, 0.1) is 5.82 Å². The summed E-state index contributed by atoms with van der Waals surface area (Å²) in [6.07, 6.45) is 0.596. The van der Waals surface area contributed by atoms with Gasteiger partial charge < -0.3 is 19.5 Å². The number of hydrogen-bond acceptors (Lipinski definition) is 5. The van der Waals surface area contributed by atoms with Gasteiger partial charge in [0.25, 0.3) is 0 Å². The van der Waals surface area contributed by atoms with Gasteiger partial charge in [-0.05, 0) is 30.7 Å². The number of halogens is 1. The maximum absolute atomic E-state index is 13.1. The van der Waals surface area contributed by atoms with Crippen LogP contribution in [-0.4, -0.2) is 38.0 Å². The number of pyridine rings is 1. The number of fused-ring (bicyclic) bond motifs is 1. The van der Waals surface area contributed by atoms with E-state index in [-0.39, 0.29) is 11.9 Å². The van der Waals surface area contributed by atoms with E-state index in [1.807, 2.05) is 13.0 Å². The van der Waals surface area contributed by atoms with Crippen LogP contribution in [0.3, 0.4) is 0 Å². The van der Waals surface area contributed by atoms with Crippen LogP contribution in [-0.2, 0) is 11.2 Å². The molecule has 5 nitrogen and oxygen atoms in total. The first-order valence-corrected chi connectivity index (χ1v) is 7.95. The molecule has 1 atom stereocenters. The van der Waals surface area contributed by atoms with Crippen molar-refractivity contribution in [3.05, 3.63) is 47.3 Å². The maximum Gasteiger partial charge on any atom is 0.240 e. The predicted molar refractivity (Wildman–Crippen MR) is 89.4 cm³/mol. The van der Waals surface area contributed by atoms with Crippen LogP contribution < -0.4 is 14.8 Å². The first-order chi connectivity index (χ1) is 11.7. The summed E-state index contributed by atoms with van der Waals surface area (Å²) in [6.45, 7) is 3.49. The van der Waals surface area contributed by atoms with Crippen LogP contribution in [0.2, 0.25) is 0 Å². The van der Waals surface area contributed by atoms with Gasteiger partial charge in [0.1, 0.15) is 19.0 Å². The number of ether oxygens (including phenoxy) is 3. The molecule has 6 heteroatoms. The summed E-state index contributed by atoms with van der Waals surface area (Å²) in [7, 11) is 1.62. The molecule has 1 aliphatic heterocycles. The third-order valence-corrected chi connectivity index (χ3v) is 3.73. The minimum Gasteiger partial charge on any atom is -0.475 e. The zero-order valence-electron chi connectivity index (χ0n) is 13.8. The average molecular weight is 332 g/mol. The zero-order valence-corrected chi connectivity index (χ0v) is 13.8. The molecule has 1 aromatic carbocycles. The fourth-order valence-electron chi connectivity index (χ4n) is 2.54. The number of methoxy groups -OCH3 is 1. The molecule has 1 unspecified atom stereocenters. The van der Waals surface area contributed by atoms with Gasteiger partial charge in [-0.2, -0.15) is 4.98 Å². The Balaban J connectivity index is 1.88. The van der Waals surface area contributed by atoms with Crippen molar-refractivity contribution in [3.8, 4) is 11.8 Å². The molecule has 3 rings (SSSR count). The number of aromatic nitrogens is 1. The van der Waals surface area contributed by atoms with Gasteiger partial charge in [-0.15, -0.1) is 0 Å². The lowest BCUT2D eigenvalue weighted by Crippen LogP contribution is -2.29. The van der Waals surface area contributed by atoms with Crippen molar-refractivity contribution in [3.63, 3.8) is 0 Å². The fraction of sp³-hybridized carbons (Fsp3) is 0.389. The van der Waals surface area contributed by atoms with E-state index in [4.69, 9.17) is 14.2 Å². The summed E-state index contributed by atoms with van der Waals surface area (Å²) in [6, 6.07) is 8.65. The summed E-state index contributed by atoms with van der Waals surface area (Å²) in [4.78, 5) is 4.50. The van der Waals surface area contributed by atoms with Crippen molar-refractivity contribution in [2.24, 2.45) is 0 Å². The highest BCUT2D eigenvalue weighted by Crippen LogP contribution is 2.33. The highest BCUT2D eigenvalue weighted by Gasteiger charge is 2.20. The number of hydrogen-bond donors (Lipinski definition) is 1. The molecule has 2 aromatic rings. The minimum absolute atomic E-state index is 0.221. The third-order valence-electron chi connectivity index (χ3n) is 3.73. The molecule has 0 amide bonds. The van der Waals surface area contributed by atoms with E-state index in [1.165, 1.54) is 12.1 Å². The fourth-order valence-corrected chi connectivity index (χ4v) is 2.54. The Kier molecular flexibility index (Phi) is 5.15. The maximum atomic E-state index is 13.1. The molecular weight excluding hydrogens is 311 g/mol. The van der Waals surface area contributed by atoms with Gasteiger partial charge in [0.05, 0.1) is 18.3 Å². The molecule has 0 fully saturated rings. The van der Waals surface area contributed by atoms with Crippen molar-refractivity contribution >= 4 is 5.69 Å². The molecular formula is C18H21FN2O3. The average Bonchev–Trinajstić information content (AvgIpc) is 2.57. The van der Waals surface area contributed by atoms with Crippen LogP contribution in [0.4, 0.5) is 10.1 Å². The van der Waals surface area contributed by atoms with Crippen molar-refractivity contribution in [2.45, 2.75) is 19.4 Å². The SMILES string of the molecule is COCCOc1nc2c(cc1Cc1ccc(F)cc1)NC(C)CO2. The number of anilines is 1. The number of rotatable bonds is 6. The lowest BCUT2D eigenvalue weighted by Gasteiger charge is -2.25. The van der Waals surface area contributed by atoms with E-state index in [0.29, 0.717) is 38.0 Å². The highest BCUT2D eigenvalue weighted by molar-refractivity contribution is 5.59. The topological polar surface area (TPSA) is 52.6 Å². The first kappa shape index (κ1) is 16.5. The lowest BCUT2D eigenvalue weighted by molar-refractivity contribution is 0.142. The monoisotopic (exact) mass is 332 g/mol. The summed E-state index contributed by atoms with van der Waals surface area (Å²) < 4.78 is 29.5. The Labute approximate surface area is 140 Å². The second-order valence-corrected chi connectivity index (χ2v) is 5.81. The van der Waals surface area contributed by atoms with Gasteiger partial charge in [-0.1, -0.05) is 12.1 Å². The van der Waals surface area contributed by atoms with Crippen molar-refractivity contribution < 1.29 is 18.6 Å². The molecule has 24 heavy (non-hydrogen) atoms. The molecule has 128 valence electrons.